The number of aliphatic hydroxyl groups excluding tert-OH is 1. The fourth-order valence-corrected chi connectivity index (χ4v) is 11.3. The summed E-state index contributed by atoms with van der Waals surface area (Å²) in [6.45, 7) is 21.6. The summed E-state index contributed by atoms with van der Waals surface area (Å²) in [5, 5.41) is 10.9. The predicted octanol–water partition coefficient (Wildman–Crippen LogP) is 8.41. The maximum atomic E-state index is 10.9. The highest BCUT2D eigenvalue weighted by Crippen LogP contribution is 2.89. The summed E-state index contributed by atoms with van der Waals surface area (Å²) in [6.07, 6.45) is 15.1. The zero-order valence-electron chi connectivity index (χ0n) is 22.4. The molecule has 0 amide bonds. The van der Waals surface area contributed by atoms with Crippen LogP contribution in [0, 0.1) is 56.7 Å². The molecule has 2 spiro atoms. The summed E-state index contributed by atoms with van der Waals surface area (Å²) in [6, 6.07) is 0. The quantitative estimate of drug-likeness (QED) is 0.425. The summed E-state index contributed by atoms with van der Waals surface area (Å²) in [4.78, 5) is 0. The molecule has 0 aliphatic heterocycles. The third kappa shape index (κ3) is 2.73. The molecule has 0 heterocycles. The molecule has 32 heavy (non-hydrogen) atoms. The van der Waals surface area contributed by atoms with Gasteiger partial charge in [-0.3, -0.25) is 0 Å². The van der Waals surface area contributed by atoms with E-state index in [4.69, 9.17) is 0 Å². The van der Waals surface area contributed by atoms with E-state index in [1.807, 2.05) is 0 Å². The first-order valence-electron chi connectivity index (χ1n) is 14.2. The molecular weight excluding hydrogens is 388 g/mol. The van der Waals surface area contributed by atoms with E-state index in [1.165, 1.54) is 69.8 Å². The molecule has 1 heteroatoms. The molecule has 182 valence electrons. The number of hydrogen-bond acceptors (Lipinski definition) is 1. The molecule has 0 aromatic heterocycles. The number of allylic oxidation sites excluding steroid dienone is 1. The monoisotopic (exact) mass is 440 g/mol. The van der Waals surface area contributed by atoms with Crippen LogP contribution < -0.4 is 0 Å². The lowest BCUT2D eigenvalue weighted by atomic mass is 9.41. The van der Waals surface area contributed by atoms with E-state index in [1.54, 1.807) is 0 Å². The Hall–Kier alpha value is -0.300. The Morgan fingerprint density at radius 1 is 0.844 bits per heavy atom. The molecule has 10 atom stereocenters. The van der Waals surface area contributed by atoms with Crippen molar-refractivity contribution in [3.63, 3.8) is 0 Å². The van der Waals surface area contributed by atoms with Crippen LogP contribution in [0.1, 0.15) is 119 Å². The van der Waals surface area contributed by atoms with Gasteiger partial charge in [-0.1, -0.05) is 53.7 Å². The van der Waals surface area contributed by atoms with Gasteiger partial charge >= 0.3 is 0 Å². The number of fused-ring (bicyclic) bond motifs is 2. The van der Waals surface area contributed by atoms with Gasteiger partial charge in [0.1, 0.15) is 0 Å². The Morgan fingerprint density at radius 2 is 1.50 bits per heavy atom. The topological polar surface area (TPSA) is 20.2 Å². The highest BCUT2D eigenvalue weighted by molar-refractivity contribution is 5.30. The van der Waals surface area contributed by atoms with Gasteiger partial charge in [0.2, 0.25) is 0 Å². The predicted molar refractivity (Wildman–Crippen MR) is 135 cm³/mol. The van der Waals surface area contributed by atoms with Crippen LogP contribution >= 0.6 is 0 Å². The zero-order valence-corrected chi connectivity index (χ0v) is 22.4. The van der Waals surface area contributed by atoms with E-state index in [0.29, 0.717) is 27.6 Å². The van der Waals surface area contributed by atoms with Crippen LogP contribution in [-0.2, 0) is 0 Å². The molecule has 1 nitrogen and oxygen atoms in total. The van der Waals surface area contributed by atoms with Crippen LogP contribution in [-0.4, -0.2) is 11.2 Å². The van der Waals surface area contributed by atoms with Crippen molar-refractivity contribution >= 4 is 0 Å². The van der Waals surface area contributed by atoms with Gasteiger partial charge < -0.3 is 5.11 Å². The molecular formula is C31H52O. The second kappa shape index (κ2) is 7.11. The van der Waals surface area contributed by atoms with Gasteiger partial charge in [0.25, 0.3) is 0 Å². The van der Waals surface area contributed by atoms with Gasteiger partial charge in [0, 0.05) is 0 Å². The third-order valence-corrected chi connectivity index (χ3v) is 13.7. The van der Waals surface area contributed by atoms with E-state index in [2.05, 4.69) is 55.0 Å². The maximum absolute atomic E-state index is 10.9. The Kier molecular flexibility index (Phi) is 5.21. The highest BCUT2D eigenvalue weighted by Gasteiger charge is 2.82. The van der Waals surface area contributed by atoms with Crippen LogP contribution in [0.3, 0.4) is 0 Å². The van der Waals surface area contributed by atoms with Crippen molar-refractivity contribution in [2.75, 3.05) is 0 Å². The smallest absolute Gasteiger partial charge is 0.0594 e. The van der Waals surface area contributed by atoms with E-state index < -0.39 is 0 Å². The van der Waals surface area contributed by atoms with Crippen molar-refractivity contribution in [1.82, 2.24) is 0 Å². The van der Waals surface area contributed by atoms with Gasteiger partial charge in [-0.25, -0.2) is 0 Å². The van der Waals surface area contributed by atoms with Crippen LogP contribution in [0.4, 0.5) is 0 Å². The normalized spacial score (nSPS) is 52.8. The first-order chi connectivity index (χ1) is 14.9. The summed E-state index contributed by atoms with van der Waals surface area (Å²) in [5.74, 6) is 4.09. The lowest BCUT2D eigenvalue weighted by Crippen LogP contribution is -2.57. The van der Waals surface area contributed by atoms with Crippen molar-refractivity contribution in [3.05, 3.63) is 12.2 Å². The fraction of sp³-hybridized carbons (Fsp3) is 0.935. The van der Waals surface area contributed by atoms with Crippen LogP contribution in [0.2, 0.25) is 0 Å². The van der Waals surface area contributed by atoms with Crippen LogP contribution in [0.25, 0.3) is 0 Å². The lowest BCUT2D eigenvalue weighted by molar-refractivity contribution is -0.161. The zero-order chi connectivity index (χ0) is 23.3. The molecule has 5 aliphatic carbocycles. The van der Waals surface area contributed by atoms with E-state index in [-0.39, 0.29) is 11.5 Å². The standard InChI is InChI=1S/C31H52O/c1-20(2)21(3)9-10-22(4)23-13-15-29(8)25-12-11-24-27(5,6)26(32)14-16-30(24)19-31(25,30)18-17-28(23,29)7/h21-26,32H,1,9-19H2,2-8H3/t21-,22+,23+,24-,25-,26+,28+,29-,30+,31-/m0/s1. The van der Waals surface area contributed by atoms with E-state index in [9.17, 15) is 5.11 Å². The van der Waals surface area contributed by atoms with Crippen molar-refractivity contribution < 1.29 is 5.11 Å². The number of aliphatic hydroxyl groups is 1. The molecule has 5 aliphatic rings. The molecule has 1 N–H and O–H groups in total. The first-order valence-corrected chi connectivity index (χ1v) is 14.2. The van der Waals surface area contributed by atoms with E-state index in [0.717, 1.165) is 30.1 Å². The summed E-state index contributed by atoms with van der Waals surface area (Å²) in [7, 11) is 0. The number of rotatable bonds is 5. The average Bonchev–Trinajstić information content (AvgIpc) is 3.31. The minimum Gasteiger partial charge on any atom is -0.393 e. The van der Waals surface area contributed by atoms with Crippen molar-refractivity contribution in [3.8, 4) is 0 Å². The van der Waals surface area contributed by atoms with Crippen molar-refractivity contribution in [2.45, 2.75) is 125 Å². The molecule has 5 fully saturated rings. The van der Waals surface area contributed by atoms with Crippen LogP contribution in [0.5, 0.6) is 0 Å². The summed E-state index contributed by atoms with van der Waals surface area (Å²) < 4.78 is 0. The van der Waals surface area contributed by atoms with Gasteiger partial charge in [0.15, 0.2) is 0 Å². The summed E-state index contributed by atoms with van der Waals surface area (Å²) >= 11 is 0. The average molecular weight is 441 g/mol. The molecule has 0 aromatic rings. The molecule has 0 bridgehead atoms. The molecule has 0 radical (unpaired) electrons. The number of hydrogen-bond donors (Lipinski definition) is 1. The second-order valence-electron chi connectivity index (χ2n) is 14.8. The van der Waals surface area contributed by atoms with E-state index >= 15 is 0 Å². The Balaban J connectivity index is 1.39. The van der Waals surface area contributed by atoms with Crippen molar-refractivity contribution in [1.29, 1.82) is 0 Å². The van der Waals surface area contributed by atoms with Gasteiger partial charge in [-0.2, -0.15) is 0 Å². The highest BCUT2D eigenvalue weighted by atomic mass is 16.3. The third-order valence-electron chi connectivity index (χ3n) is 13.7. The van der Waals surface area contributed by atoms with Crippen molar-refractivity contribution in [2.24, 2.45) is 56.7 Å². The van der Waals surface area contributed by atoms with Crippen LogP contribution in [0.15, 0.2) is 12.2 Å². The first kappa shape index (κ1) is 23.4. The van der Waals surface area contributed by atoms with Gasteiger partial charge in [-0.05, 0) is 134 Å². The minimum atomic E-state index is -0.0879. The summed E-state index contributed by atoms with van der Waals surface area (Å²) in [5.41, 5.74) is 3.71. The maximum Gasteiger partial charge on any atom is 0.0594 e. The SMILES string of the molecule is C=C(C)[C@@H](C)CC[C@@H](C)[C@H]1CC[C@@]2(C)[C@@H]3CC[C@H]4C(C)(C)[C@H](O)CC[C@@]45C[C@@]35CC[C@]12C. The van der Waals surface area contributed by atoms with Gasteiger partial charge in [0.05, 0.1) is 6.10 Å². The fourth-order valence-electron chi connectivity index (χ4n) is 11.3. The molecule has 5 saturated carbocycles. The largest absolute Gasteiger partial charge is 0.393 e. The molecule has 5 rings (SSSR count). The Bertz CT molecular complexity index is 781. The Labute approximate surface area is 199 Å². The second-order valence-corrected chi connectivity index (χ2v) is 14.8. The lowest BCUT2D eigenvalue weighted by Gasteiger charge is -2.63. The minimum absolute atomic E-state index is 0.0879. The Morgan fingerprint density at radius 3 is 2.19 bits per heavy atom. The molecule has 0 saturated heterocycles. The van der Waals surface area contributed by atoms with Gasteiger partial charge in [-0.15, -0.1) is 0 Å². The molecule has 0 aromatic carbocycles. The molecule has 0 unspecified atom stereocenters.